The van der Waals surface area contributed by atoms with Crippen molar-refractivity contribution >= 4 is 11.6 Å². The zero-order chi connectivity index (χ0) is 15.4. The molecule has 2 aromatic rings. The van der Waals surface area contributed by atoms with Crippen LogP contribution in [0.15, 0.2) is 36.5 Å². The van der Waals surface area contributed by atoms with Gasteiger partial charge >= 0.3 is 0 Å². The number of anilines is 1. The Balaban J connectivity index is 2.38. The standard InChI is InChI=1S/C16H15N3O2/c1-3-19(15-8-13(20)6-4-11(15)2)16(21)14-7-5-12(9-17)10-18-14/h4-8,10,20H,3H2,1-2H3. The molecule has 5 heteroatoms. The van der Waals surface area contributed by atoms with E-state index in [9.17, 15) is 9.90 Å². The fourth-order valence-electron chi connectivity index (χ4n) is 2.04. The van der Waals surface area contributed by atoms with Gasteiger partial charge in [-0.15, -0.1) is 0 Å². The minimum Gasteiger partial charge on any atom is -0.508 e. The highest BCUT2D eigenvalue weighted by Gasteiger charge is 2.19. The lowest BCUT2D eigenvalue weighted by molar-refractivity contribution is 0.0983. The Hall–Kier alpha value is -2.87. The zero-order valence-electron chi connectivity index (χ0n) is 11.9. The van der Waals surface area contributed by atoms with E-state index < -0.39 is 0 Å². The average molecular weight is 281 g/mol. The van der Waals surface area contributed by atoms with Crippen molar-refractivity contribution in [1.82, 2.24) is 4.98 Å². The molecule has 1 N–H and O–H groups in total. The molecule has 0 aliphatic carbocycles. The molecule has 21 heavy (non-hydrogen) atoms. The van der Waals surface area contributed by atoms with Gasteiger partial charge in [-0.2, -0.15) is 5.26 Å². The van der Waals surface area contributed by atoms with Crippen LogP contribution in [0.5, 0.6) is 5.75 Å². The Morgan fingerprint density at radius 2 is 2.14 bits per heavy atom. The molecule has 106 valence electrons. The van der Waals surface area contributed by atoms with Crippen molar-refractivity contribution in [2.45, 2.75) is 13.8 Å². The maximum Gasteiger partial charge on any atom is 0.276 e. The van der Waals surface area contributed by atoms with Crippen LogP contribution in [0.2, 0.25) is 0 Å². The SMILES string of the molecule is CCN(C(=O)c1ccc(C#N)cn1)c1cc(O)ccc1C. The molecular formula is C16H15N3O2. The summed E-state index contributed by atoms with van der Waals surface area (Å²) in [4.78, 5) is 18.1. The number of amides is 1. The maximum absolute atomic E-state index is 12.5. The third-order valence-corrected chi connectivity index (χ3v) is 3.16. The van der Waals surface area contributed by atoms with E-state index >= 15 is 0 Å². The molecule has 0 unspecified atom stereocenters. The first-order valence-electron chi connectivity index (χ1n) is 6.54. The molecule has 0 aliphatic heterocycles. The molecule has 0 atom stereocenters. The third-order valence-electron chi connectivity index (χ3n) is 3.16. The summed E-state index contributed by atoms with van der Waals surface area (Å²) in [6.45, 7) is 4.17. The van der Waals surface area contributed by atoms with E-state index in [1.807, 2.05) is 19.9 Å². The number of phenolic OH excluding ortho intramolecular Hbond substituents is 1. The number of pyridine rings is 1. The predicted octanol–water partition coefficient (Wildman–Crippen LogP) is 2.63. The van der Waals surface area contributed by atoms with Crippen molar-refractivity contribution in [2.24, 2.45) is 0 Å². The number of hydrogen-bond acceptors (Lipinski definition) is 4. The Morgan fingerprint density at radius 3 is 2.71 bits per heavy atom. The van der Waals surface area contributed by atoms with E-state index in [2.05, 4.69) is 4.98 Å². The molecule has 2 rings (SSSR count). The molecule has 0 bridgehead atoms. The van der Waals surface area contributed by atoms with Crippen molar-refractivity contribution in [3.8, 4) is 11.8 Å². The minimum atomic E-state index is -0.268. The van der Waals surface area contributed by atoms with Gasteiger partial charge in [-0.05, 0) is 37.6 Å². The molecule has 5 nitrogen and oxygen atoms in total. The Labute approximate surface area is 123 Å². The van der Waals surface area contributed by atoms with Gasteiger partial charge in [0.15, 0.2) is 0 Å². The normalized spacial score (nSPS) is 9.95. The van der Waals surface area contributed by atoms with Crippen LogP contribution in [0.3, 0.4) is 0 Å². The molecule has 0 radical (unpaired) electrons. The topological polar surface area (TPSA) is 77.2 Å². The fraction of sp³-hybridized carbons (Fsp3) is 0.188. The molecule has 0 saturated heterocycles. The lowest BCUT2D eigenvalue weighted by Gasteiger charge is -2.22. The van der Waals surface area contributed by atoms with Crippen molar-refractivity contribution < 1.29 is 9.90 Å². The van der Waals surface area contributed by atoms with E-state index in [1.54, 1.807) is 29.2 Å². The minimum absolute atomic E-state index is 0.106. The summed E-state index contributed by atoms with van der Waals surface area (Å²) >= 11 is 0. The molecule has 0 fully saturated rings. The first-order chi connectivity index (χ1) is 10.1. The number of nitriles is 1. The van der Waals surface area contributed by atoms with Gasteiger partial charge in [0.1, 0.15) is 17.5 Å². The summed E-state index contributed by atoms with van der Waals surface area (Å²) in [7, 11) is 0. The van der Waals surface area contributed by atoms with Gasteiger partial charge in [0, 0.05) is 18.8 Å². The molecule has 0 aliphatic rings. The second kappa shape index (κ2) is 6.06. The Kier molecular flexibility index (Phi) is 4.19. The number of aryl methyl sites for hydroxylation is 1. The van der Waals surface area contributed by atoms with Crippen LogP contribution in [-0.2, 0) is 0 Å². The average Bonchev–Trinajstić information content (AvgIpc) is 2.51. The number of hydrogen-bond donors (Lipinski definition) is 1. The van der Waals surface area contributed by atoms with Gasteiger partial charge in [0.25, 0.3) is 5.91 Å². The number of benzene rings is 1. The van der Waals surface area contributed by atoms with Crippen LogP contribution < -0.4 is 4.90 Å². The zero-order valence-corrected chi connectivity index (χ0v) is 11.9. The Morgan fingerprint density at radius 1 is 1.38 bits per heavy atom. The first kappa shape index (κ1) is 14.5. The lowest BCUT2D eigenvalue weighted by atomic mass is 10.1. The third kappa shape index (κ3) is 3.00. The highest BCUT2D eigenvalue weighted by Crippen LogP contribution is 2.26. The molecular weight excluding hydrogens is 266 g/mol. The highest BCUT2D eigenvalue weighted by molar-refractivity contribution is 6.05. The molecule has 1 aromatic carbocycles. The summed E-state index contributed by atoms with van der Waals surface area (Å²) in [6, 6.07) is 9.95. The van der Waals surface area contributed by atoms with E-state index in [1.165, 1.54) is 12.3 Å². The summed E-state index contributed by atoms with van der Waals surface area (Å²) < 4.78 is 0. The van der Waals surface area contributed by atoms with Gasteiger partial charge in [-0.3, -0.25) is 4.79 Å². The summed E-state index contributed by atoms with van der Waals surface area (Å²) in [5.74, 6) is -0.162. The Bertz CT molecular complexity index is 702. The number of carbonyl (C=O) groups is 1. The number of rotatable bonds is 3. The van der Waals surface area contributed by atoms with Crippen molar-refractivity contribution in [3.05, 3.63) is 53.3 Å². The van der Waals surface area contributed by atoms with E-state index in [-0.39, 0.29) is 17.4 Å². The van der Waals surface area contributed by atoms with E-state index in [0.29, 0.717) is 17.8 Å². The number of phenols is 1. The summed E-state index contributed by atoms with van der Waals surface area (Å²) in [5, 5.41) is 18.4. The van der Waals surface area contributed by atoms with E-state index in [0.717, 1.165) is 5.56 Å². The van der Waals surface area contributed by atoms with Crippen molar-refractivity contribution in [3.63, 3.8) is 0 Å². The van der Waals surface area contributed by atoms with Crippen LogP contribution in [0, 0.1) is 18.3 Å². The van der Waals surface area contributed by atoms with Crippen LogP contribution >= 0.6 is 0 Å². The van der Waals surface area contributed by atoms with Gasteiger partial charge in [-0.1, -0.05) is 6.07 Å². The monoisotopic (exact) mass is 281 g/mol. The molecule has 1 aromatic heterocycles. The fourth-order valence-corrected chi connectivity index (χ4v) is 2.04. The van der Waals surface area contributed by atoms with Crippen LogP contribution in [0.4, 0.5) is 5.69 Å². The van der Waals surface area contributed by atoms with Crippen LogP contribution in [0.1, 0.15) is 28.5 Å². The first-order valence-corrected chi connectivity index (χ1v) is 6.54. The van der Waals surface area contributed by atoms with Gasteiger partial charge in [0.05, 0.1) is 11.3 Å². The number of aromatic nitrogens is 1. The van der Waals surface area contributed by atoms with Gasteiger partial charge < -0.3 is 10.0 Å². The number of aromatic hydroxyl groups is 1. The van der Waals surface area contributed by atoms with Gasteiger partial charge in [-0.25, -0.2) is 4.98 Å². The lowest BCUT2D eigenvalue weighted by Crippen LogP contribution is -2.31. The maximum atomic E-state index is 12.5. The van der Waals surface area contributed by atoms with Crippen molar-refractivity contribution in [1.29, 1.82) is 5.26 Å². The molecule has 0 spiro atoms. The largest absolute Gasteiger partial charge is 0.508 e. The summed E-state index contributed by atoms with van der Waals surface area (Å²) in [5.41, 5.74) is 2.20. The molecule has 0 saturated carbocycles. The van der Waals surface area contributed by atoms with Gasteiger partial charge in [0.2, 0.25) is 0 Å². The number of carbonyl (C=O) groups excluding carboxylic acids is 1. The quantitative estimate of drug-likeness (QED) is 0.938. The van der Waals surface area contributed by atoms with Crippen molar-refractivity contribution in [2.75, 3.05) is 11.4 Å². The predicted molar refractivity (Wildman–Crippen MR) is 79.1 cm³/mol. The second-order valence-electron chi connectivity index (χ2n) is 4.56. The molecule has 1 amide bonds. The van der Waals surface area contributed by atoms with Crippen LogP contribution in [-0.4, -0.2) is 22.5 Å². The summed E-state index contributed by atoms with van der Waals surface area (Å²) in [6.07, 6.45) is 1.37. The smallest absolute Gasteiger partial charge is 0.276 e. The number of nitrogens with zero attached hydrogens (tertiary/aromatic N) is 3. The second-order valence-corrected chi connectivity index (χ2v) is 4.56. The highest BCUT2D eigenvalue weighted by atomic mass is 16.3. The van der Waals surface area contributed by atoms with E-state index in [4.69, 9.17) is 5.26 Å². The molecule has 1 heterocycles. The van der Waals surface area contributed by atoms with Crippen LogP contribution in [0.25, 0.3) is 0 Å².